The topological polar surface area (TPSA) is 35.5 Å². The summed E-state index contributed by atoms with van der Waals surface area (Å²) in [6.45, 7) is 6.11. The Labute approximate surface area is 99.5 Å². The number of rotatable bonds is 4. The molecule has 0 aromatic rings. The van der Waals surface area contributed by atoms with E-state index < -0.39 is 0 Å². The molecule has 3 nitrogen and oxygen atoms in total. The molecule has 16 heavy (non-hydrogen) atoms. The van der Waals surface area contributed by atoms with Crippen molar-refractivity contribution in [3.63, 3.8) is 0 Å². The normalized spacial score (nSPS) is 22.9. The fourth-order valence-corrected chi connectivity index (χ4v) is 2.39. The van der Waals surface area contributed by atoms with Crippen molar-refractivity contribution < 1.29 is 14.3 Å². The first-order valence-corrected chi connectivity index (χ1v) is 6.01. The van der Waals surface area contributed by atoms with E-state index in [0.29, 0.717) is 11.9 Å². The van der Waals surface area contributed by atoms with Gasteiger partial charge in [-0.2, -0.15) is 0 Å². The van der Waals surface area contributed by atoms with Crippen LogP contribution in [0.4, 0.5) is 0 Å². The third kappa shape index (κ3) is 7.69. The monoisotopic (exact) mass is 230 g/mol. The van der Waals surface area contributed by atoms with Crippen LogP contribution in [0.15, 0.2) is 0 Å². The highest BCUT2D eigenvalue weighted by Gasteiger charge is 2.27. The summed E-state index contributed by atoms with van der Waals surface area (Å²) in [5, 5.41) is 0. The smallest absolute Gasteiger partial charge is 0.292 e. The number of hydrogen-bond acceptors (Lipinski definition) is 3. The Bertz CT molecular complexity index is 178. The molecule has 1 aliphatic carbocycles. The molecule has 1 atom stereocenters. The van der Waals surface area contributed by atoms with Crippen LogP contribution in [0.3, 0.4) is 0 Å². The fourth-order valence-electron chi connectivity index (χ4n) is 2.39. The van der Waals surface area contributed by atoms with Crippen molar-refractivity contribution in [3.8, 4) is 0 Å². The highest BCUT2D eigenvalue weighted by atomic mass is 16.5. The molecule has 3 heteroatoms. The predicted molar refractivity (Wildman–Crippen MR) is 65.3 cm³/mol. The molecule has 1 rings (SSSR count). The van der Waals surface area contributed by atoms with Crippen LogP contribution in [0.2, 0.25) is 0 Å². The number of carbonyl (C=O) groups is 1. The Morgan fingerprint density at radius 3 is 2.44 bits per heavy atom. The van der Waals surface area contributed by atoms with Crippen molar-refractivity contribution >= 4 is 6.47 Å². The van der Waals surface area contributed by atoms with E-state index in [9.17, 15) is 0 Å². The van der Waals surface area contributed by atoms with Gasteiger partial charge in [0.25, 0.3) is 6.47 Å². The lowest BCUT2D eigenvalue weighted by atomic mass is 9.71. The lowest BCUT2D eigenvalue weighted by molar-refractivity contribution is -0.126. The average molecular weight is 230 g/mol. The van der Waals surface area contributed by atoms with E-state index in [1.54, 1.807) is 7.11 Å². The summed E-state index contributed by atoms with van der Waals surface area (Å²) in [4.78, 5) is 8.95. The molecule has 1 fully saturated rings. The van der Waals surface area contributed by atoms with Crippen LogP contribution >= 0.6 is 0 Å². The third-order valence-electron chi connectivity index (χ3n) is 3.13. The van der Waals surface area contributed by atoms with Crippen LogP contribution in [-0.4, -0.2) is 27.3 Å². The molecule has 0 aliphatic heterocycles. The molecule has 0 bridgehead atoms. The minimum Gasteiger partial charge on any atom is -0.471 e. The van der Waals surface area contributed by atoms with Gasteiger partial charge in [-0.3, -0.25) is 4.79 Å². The standard InChI is InChI=1S/C11H22O.C2H4O2/c1-11(2)7-4-5-10(9-11)6-8-12-3;1-4-2-3/h10H,4-9H2,1-3H3;2H,1H3. The zero-order valence-corrected chi connectivity index (χ0v) is 11.1. The highest BCUT2D eigenvalue weighted by Crippen LogP contribution is 2.39. The maximum atomic E-state index is 8.95. The van der Waals surface area contributed by atoms with E-state index >= 15 is 0 Å². The van der Waals surface area contributed by atoms with Gasteiger partial charge in [-0.1, -0.05) is 26.7 Å². The number of ether oxygens (including phenoxy) is 2. The molecule has 0 N–H and O–H groups in total. The molecule has 0 amide bonds. The minimum absolute atomic E-state index is 0.375. The average Bonchev–Trinajstić information content (AvgIpc) is 2.25. The van der Waals surface area contributed by atoms with Crippen molar-refractivity contribution in [3.05, 3.63) is 0 Å². The zero-order chi connectivity index (χ0) is 12.4. The van der Waals surface area contributed by atoms with E-state index in [-0.39, 0.29) is 0 Å². The Morgan fingerprint density at radius 1 is 1.38 bits per heavy atom. The van der Waals surface area contributed by atoms with Crippen molar-refractivity contribution in [2.75, 3.05) is 20.8 Å². The minimum atomic E-state index is 0.375. The van der Waals surface area contributed by atoms with E-state index in [4.69, 9.17) is 9.53 Å². The molecule has 0 aromatic carbocycles. The molecular weight excluding hydrogens is 204 g/mol. The maximum Gasteiger partial charge on any atom is 0.292 e. The highest BCUT2D eigenvalue weighted by molar-refractivity contribution is 5.36. The van der Waals surface area contributed by atoms with E-state index in [1.165, 1.54) is 39.2 Å². The van der Waals surface area contributed by atoms with Crippen molar-refractivity contribution in [1.29, 1.82) is 0 Å². The van der Waals surface area contributed by atoms with Crippen LogP contribution in [-0.2, 0) is 14.3 Å². The summed E-state index contributed by atoms with van der Waals surface area (Å²) in [6.07, 6.45) is 6.92. The molecule has 96 valence electrons. The van der Waals surface area contributed by atoms with Crippen LogP contribution < -0.4 is 0 Å². The van der Waals surface area contributed by atoms with Crippen molar-refractivity contribution in [2.45, 2.75) is 46.0 Å². The summed E-state index contributed by atoms with van der Waals surface area (Å²) < 4.78 is 8.97. The number of methoxy groups -OCH3 is 2. The van der Waals surface area contributed by atoms with Gasteiger partial charge in [0.2, 0.25) is 0 Å². The largest absolute Gasteiger partial charge is 0.471 e. The second kappa shape index (κ2) is 8.57. The summed E-state index contributed by atoms with van der Waals surface area (Å²) in [5.74, 6) is 0.925. The number of carbonyl (C=O) groups excluding carboxylic acids is 1. The molecular formula is C13H26O3. The van der Waals surface area contributed by atoms with Gasteiger partial charge in [0.15, 0.2) is 0 Å². The summed E-state index contributed by atoms with van der Waals surface area (Å²) in [6, 6.07) is 0. The summed E-state index contributed by atoms with van der Waals surface area (Å²) in [7, 11) is 3.11. The third-order valence-corrected chi connectivity index (χ3v) is 3.13. The Kier molecular flexibility index (Phi) is 8.26. The first-order chi connectivity index (χ1) is 7.55. The molecule has 0 radical (unpaired) electrons. The molecule has 0 heterocycles. The zero-order valence-electron chi connectivity index (χ0n) is 11.1. The number of hydrogen-bond donors (Lipinski definition) is 0. The van der Waals surface area contributed by atoms with Gasteiger partial charge in [0.1, 0.15) is 0 Å². The van der Waals surface area contributed by atoms with Gasteiger partial charge in [-0.05, 0) is 30.6 Å². The van der Waals surface area contributed by atoms with Crippen molar-refractivity contribution in [2.24, 2.45) is 11.3 Å². The second-order valence-electron chi connectivity index (χ2n) is 5.24. The van der Waals surface area contributed by atoms with Gasteiger partial charge < -0.3 is 9.47 Å². The molecule has 0 aromatic heterocycles. The lowest BCUT2D eigenvalue weighted by Crippen LogP contribution is -2.23. The maximum absolute atomic E-state index is 8.95. The van der Waals surface area contributed by atoms with E-state index in [2.05, 4.69) is 18.6 Å². The molecule has 1 saturated carbocycles. The van der Waals surface area contributed by atoms with Crippen molar-refractivity contribution in [1.82, 2.24) is 0 Å². The molecule has 1 aliphatic rings. The van der Waals surface area contributed by atoms with Gasteiger partial charge in [-0.15, -0.1) is 0 Å². The van der Waals surface area contributed by atoms with Gasteiger partial charge in [0, 0.05) is 13.7 Å². The predicted octanol–water partition coefficient (Wildman–Crippen LogP) is 3.03. The van der Waals surface area contributed by atoms with Crippen LogP contribution in [0, 0.1) is 11.3 Å². The second-order valence-corrected chi connectivity index (χ2v) is 5.24. The molecule has 0 spiro atoms. The van der Waals surface area contributed by atoms with Gasteiger partial charge in [0.05, 0.1) is 7.11 Å². The van der Waals surface area contributed by atoms with Crippen LogP contribution in [0.5, 0.6) is 0 Å². The Morgan fingerprint density at radius 2 is 2.00 bits per heavy atom. The SMILES string of the molecule is COC=O.COCCC1CCCC(C)(C)C1. The fraction of sp³-hybridized carbons (Fsp3) is 0.923. The summed E-state index contributed by atoms with van der Waals surface area (Å²) >= 11 is 0. The van der Waals surface area contributed by atoms with Gasteiger partial charge >= 0.3 is 0 Å². The van der Waals surface area contributed by atoms with Crippen LogP contribution in [0.1, 0.15) is 46.0 Å². The first kappa shape index (κ1) is 15.4. The van der Waals surface area contributed by atoms with Gasteiger partial charge in [-0.25, -0.2) is 0 Å². The van der Waals surface area contributed by atoms with E-state index in [0.717, 1.165) is 12.5 Å². The molecule has 0 saturated heterocycles. The lowest BCUT2D eigenvalue weighted by Gasteiger charge is -2.35. The Balaban J connectivity index is 0.000000487. The Hall–Kier alpha value is -0.570. The summed E-state index contributed by atoms with van der Waals surface area (Å²) in [5.41, 5.74) is 0.594. The quantitative estimate of drug-likeness (QED) is 0.696. The van der Waals surface area contributed by atoms with Crippen LogP contribution in [0.25, 0.3) is 0 Å². The molecule has 1 unspecified atom stereocenters. The van der Waals surface area contributed by atoms with E-state index in [1.807, 2.05) is 0 Å². The first-order valence-electron chi connectivity index (χ1n) is 6.01.